The molecule has 4 aromatic rings. The van der Waals surface area contributed by atoms with Crippen LogP contribution in [-0.4, -0.2) is 27.0 Å². The van der Waals surface area contributed by atoms with Crippen LogP contribution in [0.1, 0.15) is 21.7 Å². The van der Waals surface area contributed by atoms with Gasteiger partial charge in [0.05, 0.1) is 25.8 Å². The van der Waals surface area contributed by atoms with Gasteiger partial charge in [-0.3, -0.25) is 9.69 Å². The predicted octanol–water partition coefficient (Wildman–Crippen LogP) is 5.68. The SMILES string of the molecule is Cc1cccc2sc(N(CCCn3ccnc3)C(=O)c3ccc(Cl)s3)nc12.Cl. The van der Waals surface area contributed by atoms with E-state index in [0.717, 1.165) is 33.9 Å². The van der Waals surface area contributed by atoms with E-state index in [4.69, 9.17) is 16.6 Å². The van der Waals surface area contributed by atoms with E-state index in [-0.39, 0.29) is 18.3 Å². The Labute approximate surface area is 182 Å². The van der Waals surface area contributed by atoms with Gasteiger partial charge in [-0.2, -0.15) is 0 Å². The zero-order chi connectivity index (χ0) is 18.8. The van der Waals surface area contributed by atoms with E-state index in [1.54, 1.807) is 40.9 Å². The zero-order valence-electron chi connectivity index (χ0n) is 15.0. The van der Waals surface area contributed by atoms with Gasteiger partial charge >= 0.3 is 0 Å². The number of amides is 1. The Morgan fingerprint density at radius 2 is 2.11 bits per heavy atom. The van der Waals surface area contributed by atoms with E-state index in [1.165, 1.54) is 11.3 Å². The molecule has 0 saturated carbocycles. The molecular weight excluding hydrogens is 435 g/mol. The number of aryl methyl sites for hydroxylation is 2. The van der Waals surface area contributed by atoms with Crippen LogP contribution in [0, 0.1) is 6.92 Å². The Kier molecular flexibility index (Phi) is 6.72. The molecule has 0 aliphatic carbocycles. The third-order valence-electron chi connectivity index (χ3n) is 4.23. The molecule has 0 fully saturated rings. The van der Waals surface area contributed by atoms with Crippen LogP contribution in [0.25, 0.3) is 10.2 Å². The fourth-order valence-corrected chi connectivity index (χ4v) is 4.93. The van der Waals surface area contributed by atoms with Crippen molar-refractivity contribution in [2.24, 2.45) is 0 Å². The number of nitrogens with zero attached hydrogens (tertiary/aromatic N) is 4. The number of thiophene rings is 1. The van der Waals surface area contributed by atoms with Gasteiger partial charge in [0, 0.05) is 25.5 Å². The van der Waals surface area contributed by atoms with Crippen LogP contribution in [0.4, 0.5) is 5.13 Å². The summed E-state index contributed by atoms with van der Waals surface area (Å²) >= 11 is 8.88. The lowest BCUT2D eigenvalue weighted by atomic mass is 10.2. The highest BCUT2D eigenvalue weighted by atomic mass is 35.5. The average Bonchev–Trinajstić information content (AvgIpc) is 3.39. The molecule has 0 bridgehead atoms. The minimum absolute atomic E-state index is 0. The fraction of sp³-hybridized carbons (Fsp3) is 0.211. The van der Waals surface area contributed by atoms with Crippen LogP contribution in [0.2, 0.25) is 4.34 Å². The van der Waals surface area contributed by atoms with Crippen molar-refractivity contribution < 1.29 is 4.79 Å². The molecule has 0 unspecified atom stereocenters. The second kappa shape index (κ2) is 9.05. The summed E-state index contributed by atoms with van der Waals surface area (Å²) in [5, 5.41) is 0.722. The average molecular weight is 453 g/mol. The molecule has 4 rings (SSSR count). The Morgan fingerprint density at radius 3 is 2.79 bits per heavy atom. The highest BCUT2D eigenvalue weighted by Gasteiger charge is 2.22. The first-order valence-corrected chi connectivity index (χ1v) is 10.5. The molecule has 0 atom stereocenters. The summed E-state index contributed by atoms with van der Waals surface area (Å²) in [6.45, 7) is 3.40. The molecule has 3 heterocycles. The largest absolute Gasteiger partial charge is 0.337 e. The second-order valence-electron chi connectivity index (χ2n) is 6.13. The molecule has 0 aliphatic heterocycles. The van der Waals surface area contributed by atoms with Gasteiger partial charge in [0.2, 0.25) is 0 Å². The molecule has 9 heteroatoms. The number of carbonyl (C=O) groups excluding carboxylic acids is 1. The van der Waals surface area contributed by atoms with Gasteiger partial charge in [-0.25, -0.2) is 9.97 Å². The van der Waals surface area contributed by atoms with Crippen LogP contribution in [0.15, 0.2) is 49.1 Å². The molecule has 0 saturated heterocycles. The van der Waals surface area contributed by atoms with Gasteiger partial charge in [-0.15, -0.1) is 23.7 Å². The summed E-state index contributed by atoms with van der Waals surface area (Å²) in [6.07, 6.45) is 6.27. The number of rotatable bonds is 6. The van der Waals surface area contributed by atoms with Crippen molar-refractivity contribution in [3.8, 4) is 0 Å². The van der Waals surface area contributed by atoms with Crippen molar-refractivity contribution in [1.82, 2.24) is 14.5 Å². The molecule has 1 aromatic carbocycles. The van der Waals surface area contributed by atoms with Crippen molar-refractivity contribution in [2.75, 3.05) is 11.4 Å². The van der Waals surface area contributed by atoms with Crippen LogP contribution in [0.5, 0.6) is 0 Å². The lowest BCUT2D eigenvalue weighted by Crippen LogP contribution is -2.31. The summed E-state index contributed by atoms with van der Waals surface area (Å²) in [6, 6.07) is 9.63. The van der Waals surface area contributed by atoms with E-state index in [9.17, 15) is 4.79 Å². The lowest BCUT2D eigenvalue weighted by Gasteiger charge is -2.19. The summed E-state index contributed by atoms with van der Waals surface area (Å²) < 4.78 is 3.70. The molecular formula is C19H18Cl2N4OS2. The molecule has 0 aliphatic rings. The van der Waals surface area contributed by atoms with Gasteiger partial charge < -0.3 is 4.57 Å². The van der Waals surface area contributed by atoms with Gasteiger partial charge in [-0.1, -0.05) is 35.1 Å². The first kappa shape index (κ1) is 20.8. The van der Waals surface area contributed by atoms with Crippen LogP contribution >= 0.6 is 46.7 Å². The maximum absolute atomic E-state index is 13.1. The summed E-state index contributed by atoms with van der Waals surface area (Å²) in [5.74, 6) is -0.0609. The fourth-order valence-electron chi connectivity index (χ4n) is 2.87. The number of hydrogen-bond acceptors (Lipinski definition) is 5. The Bertz CT molecular complexity index is 1070. The molecule has 0 radical (unpaired) electrons. The summed E-state index contributed by atoms with van der Waals surface area (Å²) in [4.78, 5) is 24.3. The highest BCUT2D eigenvalue weighted by Crippen LogP contribution is 2.32. The van der Waals surface area contributed by atoms with Crippen molar-refractivity contribution in [1.29, 1.82) is 0 Å². The standard InChI is InChI=1S/C19H17ClN4OS2.ClH/c1-13-4-2-5-14-17(13)22-19(27-14)24(10-3-9-23-11-8-21-12-23)18(25)15-6-7-16(20)26-15;/h2,4-8,11-12H,3,9-10H2,1H3;1H. The number of fused-ring (bicyclic) bond motifs is 1. The van der Waals surface area contributed by atoms with Gasteiger partial charge in [-0.05, 0) is 37.1 Å². The minimum Gasteiger partial charge on any atom is -0.337 e. The molecule has 0 N–H and O–H groups in total. The van der Waals surface area contributed by atoms with Crippen LogP contribution < -0.4 is 4.90 Å². The Hall–Kier alpha value is -1.93. The smallest absolute Gasteiger partial charge is 0.270 e. The number of hydrogen-bond donors (Lipinski definition) is 0. The third-order valence-corrected chi connectivity index (χ3v) is 6.49. The van der Waals surface area contributed by atoms with Crippen molar-refractivity contribution in [2.45, 2.75) is 19.9 Å². The van der Waals surface area contributed by atoms with E-state index < -0.39 is 0 Å². The summed E-state index contributed by atoms with van der Waals surface area (Å²) in [5.41, 5.74) is 2.06. The number of halogens is 2. The minimum atomic E-state index is -0.0609. The first-order valence-electron chi connectivity index (χ1n) is 8.51. The van der Waals surface area contributed by atoms with E-state index >= 15 is 0 Å². The van der Waals surface area contributed by atoms with E-state index in [1.807, 2.05) is 35.9 Å². The van der Waals surface area contributed by atoms with Crippen LogP contribution in [-0.2, 0) is 6.54 Å². The maximum atomic E-state index is 13.1. The van der Waals surface area contributed by atoms with Crippen molar-refractivity contribution in [3.63, 3.8) is 0 Å². The Morgan fingerprint density at radius 1 is 1.25 bits per heavy atom. The molecule has 3 aromatic heterocycles. The maximum Gasteiger partial charge on any atom is 0.270 e. The number of anilines is 1. The topological polar surface area (TPSA) is 51.0 Å². The number of para-hydroxylation sites is 1. The molecule has 5 nitrogen and oxygen atoms in total. The van der Waals surface area contributed by atoms with Gasteiger partial charge in [0.25, 0.3) is 5.91 Å². The predicted molar refractivity (Wildman–Crippen MR) is 119 cm³/mol. The molecule has 0 spiro atoms. The van der Waals surface area contributed by atoms with Crippen molar-refractivity contribution in [3.05, 3.63) is 63.8 Å². The summed E-state index contributed by atoms with van der Waals surface area (Å²) in [7, 11) is 0. The first-order chi connectivity index (χ1) is 13.1. The number of thiazole rings is 1. The van der Waals surface area contributed by atoms with E-state index in [0.29, 0.717) is 15.8 Å². The molecule has 146 valence electrons. The quantitative estimate of drug-likeness (QED) is 0.378. The Balaban J connectivity index is 0.00000225. The van der Waals surface area contributed by atoms with Crippen molar-refractivity contribution >= 4 is 67.9 Å². The molecule has 1 amide bonds. The zero-order valence-corrected chi connectivity index (χ0v) is 18.2. The second-order valence-corrected chi connectivity index (χ2v) is 8.86. The van der Waals surface area contributed by atoms with E-state index in [2.05, 4.69) is 4.98 Å². The van der Waals surface area contributed by atoms with Gasteiger partial charge in [0.1, 0.15) is 0 Å². The monoisotopic (exact) mass is 452 g/mol. The number of carbonyl (C=O) groups is 1. The normalized spacial score (nSPS) is 10.8. The van der Waals surface area contributed by atoms with Gasteiger partial charge in [0.15, 0.2) is 5.13 Å². The number of benzene rings is 1. The molecule has 28 heavy (non-hydrogen) atoms. The third kappa shape index (κ3) is 4.38. The van der Waals surface area contributed by atoms with Crippen LogP contribution in [0.3, 0.4) is 0 Å². The number of aromatic nitrogens is 3. The lowest BCUT2D eigenvalue weighted by molar-refractivity contribution is 0.0990. The highest BCUT2D eigenvalue weighted by molar-refractivity contribution is 7.22. The number of imidazole rings is 1.